The van der Waals surface area contributed by atoms with E-state index in [-0.39, 0.29) is 17.9 Å². The Kier molecular flexibility index (Phi) is 4.55. The number of ether oxygens (including phenoxy) is 1. The van der Waals surface area contributed by atoms with Crippen LogP contribution >= 0.6 is 0 Å². The summed E-state index contributed by atoms with van der Waals surface area (Å²) in [6.45, 7) is 1.37. The third-order valence-corrected chi connectivity index (χ3v) is 2.17. The van der Waals surface area contributed by atoms with Crippen molar-refractivity contribution in [3.8, 4) is 5.75 Å². The van der Waals surface area contributed by atoms with E-state index in [9.17, 15) is 18.0 Å². The number of alkyl halides is 3. The lowest BCUT2D eigenvalue weighted by Gasteiger charge is -2.14. The lowest BCUT2D eigenvalue weighted by Crippen LogP contribution is -2.33. The number of para-hydroxylation sites is 1. The Morgan fingerprint density at radius 2 is 2.06 bits per heavy atom. The van der Waals surface area contributed by atoms with Gasteiger partial charge in [0, 0.05) is 12.1 Å². The average Bonchev–Trinajstić information content (AvgIpc) is 2.25. The molecule has 1 aromatic carbocycles. The molecular weight excluding hydrogens is 251 g/mol. The molecule has 0 aliphatic heterocycles. The van der Waals surface area contributed by atoms with Gasteiger partial charge in [0.1, 0.15) is 11.8 Å². The number of benzene rings is 1. The van der Waals surface area contributed by atoms with Gasteiger partial charge in [-0.15, -0.1) is 13.2 Å². The van der Waals surface area contributed by atoms with Gasteiger partial charge in [0.2, 0.25) is 0 Å². The third-order valence-electron chi connectivity index (χ3n) is 2.17. The van der Waals surface area contributed by atoms with Gasteiger partial charge in [0.15, 0.2) is 0 Å². The summed E-state index contributed by atoms with van der Waals surface area (Å²) in [6, 6.07) is 4.71. The van der Waals surface area contributed by atoms with Gasteiger partial charge >= 0.3 is 12.3 Å². The molecular formula is C11H12F3NO3. The molecule has 1 atom stereocenters. The van der Waals surface area contributed by atoms with E-state index in [0.717, 1.165) is 0 Å². The Morgan fingerprint density at radius 3 is 2.61 bits per heavy atom. The molecule has 2 N–H and O–H groups in total. The normalized spacial score (nSPS) is 13.1. The first-order valence-corrected chi connectivity index (χ1v) is 5.09. The van der Waals surface area contributed by atoms with E-state index in [4.69, 9.17) is 5.11 Å². The monoisotopic (exact) mass is 263 g/mol. The van der Waals surface area contributed by atoms with Crippen LogP contribution in [-0.2, 0) is 11.3 Å². The number of aliphatic carboxylic acids is 1. The van der Waals surface area contributed by atoms with Gasteiger partial charge < -0.3 is 15.2 Å². The SMILES string of the molecule is C[C@H](NCc1ccccc1OC(F)(F)F)C(=O)O. The van der Waals surface area contributed by atoms with Crippen molar-refractivity contribution >= 4 is 5.97 Å². The zero-order chi connectivity index (χ0) is 13.8. The van der Waals surface area contributed by atoms with Crippen molar-refractivity contribution in [1.29, 1.82) is 0 Å². The van der Waals surface area contributed by atoms with Gasteiger partial charge in [-0.05, 0) is 13.0 Å². The number of carboxylic acid groups (broad SMARTS) is 1. The molecule has 7 heteroatoms. The van der Waals surface area contributed by atoms with E-state index < -0.39 is 18.4 Å². The maximum atomic E-state index is 12.1. The number of carboxylic acids is 1. The molecule has 0 spiro atoms. The Bertz CT molecular complexity index is 420. The molecule has 1 rings (SSSR count). The number of rotatable bonds is 5. The van der Waals surface area contributed by atoms with Gasteiger partial charge in [0.25, 0.3) is 0 Å². The number of hydrogen-bond donors (Lipinski definition) is 2. The highest BCUT2D eigenvalue weighted by Gasteiger charge is 2.31. The lowest BCUT2D eigenvalue weighted by atomic mass is 10.2. The zero-order valence-electron chi connectivity index (χ0n) is 9.49. The molecule has 18 heavy (non-hydrogen) atoms. The Labute approximate surface area is 101 Å². The van der Waals surface area contributed by atoms with Crippen LogP contribution in [0.15, 0.2) is 24.3 Å². The van der Waals surface area contributed by atoms with Gasteiger partial charge in [-0.1, -0.05) is 18.2 Å². The van der Waals surface area contributed by atoms with Crippen molar-refractivity contribution in [1.82, 2.24) is 5.32 Å². The summed E-state index contributed by atoms with van der Waals surface area (Å²) < 4.78 is 40.2. The summed E-state index contributed by atoms with van der Waals surface area (Å²) >= 11 is 0. The fourth-order valence-electron chi connectivity index (χ4n) is 1.22. The minimum atomic E-state index is -4.77. The van der Waals surface area contributed by atoms with Crippen LogP contribution in [0.2, 0.25) is 0 Å². The van der Waals surface area contributed by atoms with E-state index in [1.807, 2.05) is 0 Å². The molecule has 1 aromatic rings. The van der Waals surface area contributed by atoms with Crippen molar-refractivity contribution in [2.24, 2.45) is 0 Å². The predicted octanol–water partition coefficient (Wildman–Crippen LogP) is 2.15. The van der Waals surface area contributed by atoms with Crippen molar-refractivity contribution in [2.75, 3.05) is 0 Å². The molecule has 0 saturated heterocycles. The zero-order valence-corrected chi connectivity index (χ0v) is 9.49. The van der Waals surface area contributed by atoms with E-state index in [1.165, 1.54) is 25.1 Å². The molecule has 0 aromatic heterocycles. The van der Waals surface area contributed by atoms with Crippen LogP contribution in [0.4, 0.5) is 13.2 Å². The van der Waals surface area contributed by atoms with Crippen molar-refractivity contribution < 1.29 is 27.8 Å². The second-order valence-electron chi connectivity index (χ2n) is 3.60. The molecule has 0 bridgehead atoms. The summed E-state index contributed by atoms with van der Waals surface area (Å²) in [6.07, 6.45) is -4.77. The first kappa shape index (κ1) is 14.3. The number of nitrogens with one attached hydrogen (secondary N) is 1. The molecule has 0 heterocycles. The van der Waals surface area contributed by atoms with Crippen LogP contribution in [0.3, 0.4) is 0 Å². The van der Waals surface area contributed by atoms with Crippen molar-refractivity contribution in [3.05, 3.63) is 29.8 Å². The highest BCUT2D eigenvalue weighted by Crippen LogP contribution is 2.26. The van der Waals surface area contributed by atoms with Crippen LogP contribution in [0.25, 0.3) is 0 Å². The summed E-state index contributed by atoms with van der Waals surface area (Å²) in [4.78, 5) is 10.6. The van der Waals surface area contributed by atoms with Crippen molar-refractivity contribution in [3.63, 3.8) is 0 Å². The topological polar surface area (TPSA) is 58.6 Å². The lowest BCUT2D eigenvalue weighted by molar-refractivity contribution is -0.274. The number of hydrogen-bond acceptors (Lipinski definition) is 3. The maximum Gasteiger partial charge on any atom is 0.573 e. The second kappa shape index (κ2) is 5.72. The first-order valence-electron chi connectivity index (χ1n) is 5.09. The fraction of sp³-hybridized carbons (Fsp3) is 0.364. The molecule has 0 saturated carbocycles. The quantitative estimate of drug-likeness (QED) is 0.854. The van der Waals surface area contributed by atoms with Crippen LogP contribution in [0.1, 0.15) is 12.5 Å². The summed E-state index contributed by atoms with van der Waals surface area (Å²) in [5.41, 5.74) is 0.239. The minimum Gasteiger partial charge on any atom is -0.480 e. The highest BCUT2D eigenvalue weighted by atomic mass is 19.4. The van der Waals surface area contributed by atoms with E-state index in [1.54, 1.807) is 6.07 Å². The molecule has 0 radical (unpaired) electrons. The Balaban J connectivity index is 2.73. The molecule has 0 aliphatic carbocycles. The van der Waals surface area contributed by atoms with Gasteiger partial charge in [0.05, 0.1) is 0 Å². The molecule has 4 nitrogen and oxygen atoms in total. The molecule has 0 aliphatic rings. The smallest absolute Gasteiger partial charge is 0.480 e. The van der Waals surface area contributed by atoms with Crippen LogP contribution in [0, 0.1) is 0 Å². The highest BCUT2D eigenvalue weighted by molar-refractivity contribution is 5.72. The first-order chi connectivity index (χ1) is 8.29. The largest absolute Gasteiger partial charge is 0.573 e. The minimum absolute atomic E-state index is 0.0281. The standard InChI is InChI=1S/C11H12F3NO3/c1-7(10(16)17)15-6-8-4-2-3-5-9(8)18-11(12,13)14/h2-5,7,15H,6H2,1H3,(H,16,17)/t7-/m0/s1. The third kappa shape index (κ3) is 4.62. The van der Waals surface area contributed by atoms with Gasteiger partial charge in [-0.3, -0.25) is 4.79 Å². The van der Waals surface area contributed by atoms with E-state index >= 15 is 0 Å². The Hall–Kier alpha value is -1.76. The summed E-state index contributed by atoms with van der Waals surface area (Å²) in [5.74, 6) is -1.42. The van der Waals surface area contributed by atoms with Crippen LogP contribution < -0.4 is 10.1 Å². The number of carbonyl (C=O) groups is 1. The van der Waals surface area contributed by atoms with Crippen LogP contribution in [0.5, 0.6) is 5.75 Å². The number of halogens is 3. The van der Waals surface area contributed by atoms with Gasteiger partial charge in [-0.2, -0.15) is 0 Å². The fourth-order valence-corrected chi connectivity index (χ4v) is 1.22. The maximum absolute atomic E-state index is 12.1. The molecule has 0 amide bonds. The van der Waals surface area contributed by atoms with E-state index in [2.05, 4.69) is 10.1 Å². The summed E-state index contributed by atoms with van der Waals surface area (Å²) in [5, 5.41) is 11.2. The molecule has 100 valence electrons. The van der Waals surface area contributed by atoms with E-state index in [0.29, 0.717) is 0 Å². The Morgan fingerprint density at radius 1 is 1.44 bits per heavy atom. The molecule has 0 unspecified atom stereocenters. The van der Waals surface area contributed by atoms with Crippen LogP contribution in [-0.4, -0.2) is 23.5 Å². The predicted molar refractivity (Wildman–Crippen MR) is 57.1 cm³/mol. The average molecular weight is 263 g/mol. The second-order valence-corrected chi connectivity index (χ2v) is 3.60. The summed E-state index contributed by atoms with van der Waals surface area (Å²) in [7, 11) is 0. The van der Waals surface area contributed by atoms with Crippen molar-refractivity contribution in [2.45, 2.75) is 25.9 Å². The molecule has 0 fully saturated rings. The van der Waals surface area contributed by atoms with Gasteiger partial charge in [-0.25, -0.2) is 0 Å².